The molecule has 0 bridgehead atoms. The van der Waals surface area contributed by atoms with Gasteiger partial charge in [-0.15, -0.1) is 0 Å². The molecule has 1 aromatic carbocycles. The van der Waals surface area contributed by atoms with Gasteiger partial charge in [0.2, 0.25) is 0 Å². The maximum absolute atomic E-state index is 5.34. The molecule has 1 aromatic heterocycles. The van der Waals surface area contributed by atoms with Crippen molar-refractivity contribution in [3.8, 4) is 11.5 Å². The third kappa shape index (κ3) is 3.04. The summed E-state index contributed by atoms with van der Waals surface area (Å²) in [5.74, 6) is 3.38. The fourth-order valence-electron chi connectivity index (χ4n) is 1.91. The predicted octanol–water partition coefficient (Wildman–Crippen LogP) is 3.03. The average molecular weight is 278 g/mol. The molecule has 0 aliphatic heterocycles. The van der Waals surface area contributed by atoms with E-state index < -0.39 is 0 Å². The van der Waals surface area contributed by atoms with Crippen LogP contribution >= 0.6 is 11.8 Å². The van der Waals surface area contributed by atoms with Gasteiger partial charge in [0, 0.05) is 23.9 Å². The molecule has 1 N–H and O–H groups in total. The van der Waals surface area contributed by atoms with E-state index in [1.54, 1.807) is 32.2 Å². The summed E-state index contributed by atoms with van der Waals surface area (Å²) in [6.07, 6.45) is 3.89. The number of benzene rings is 1. The number of ether oxygens (including phenoxy) is 2. The van der Waals surface area contributed by atoms with E-state index in [1.165, 1.54) is 0 Å². The molecule has 0 spiro atoms. The normalized spacial score (nSPS) is 10.5. The summed E-state index contributed by atoms with van der Waals surface area (Å²) in [5.41, 5.74) is 0. The SMILES string of the molecule is COc1cc2ccnc(NCCSC)c2cc1OC. The van der Waals surface area contributed by atoms with Crippen molar-refractivity contribution in [3.05, 3.63) is 24.4 Å². The van der Waals surface area contributed by atoms with Crippen molar-refractivity contribution >= 4 is 28.4 Å². The molecule has 0 atom stereocenters. The lowest BCUT2D eigenvalue weighted by atomic mass is 10.1. The third-order valence-electron chi connectivity index (χ3n) is 2.87. The van der Waals surface area contributed by atoms with Gasteiger partial charge in [-0.3, -0.25) is 0 Å². The molecule has 1 heterocycles. The lowest BCUT2D eigenvalue weighted by Crippen LogP contribution is -2.05. The third-order valence-corrected chi connectivity index (χ3v) is 3.48. The van der Waals surface area contributed by atoms with Crippen LogP contribution in [0.5, 0.6) is 11.5 Å². The Labute approximate surface area is 117 Å². The van der Waals surface area contributed by atoms with Crippen molar-refractivity contribution in [3.63, 3.8) is 0 Å². The molecular formula is C14H18N2O2S. The summed E-state index contributed by atoms with van der Waals surface area (Å²) in [6.45, 7) is 0.891. The van der Waals surface area contributed by atoms with Gasteiger partial charge in [0.05, 0.1) is 14.2 Å². The largest absolute Gasteiger partial charge is 0.493 e. The molecule has 2 rings (SSSR count). The first-order chi connectivity index (χ1) is 9.30. The summed E-state index contributed by atoms with van der Waals surface area (Å²) in [4.78, 5) is 4.39. The molecule has 102 valence electrons. The highest BCUT2D eigenvalue weighted by Gasteiger charge is 2.09. The van der Waals surface area contributed by atoms with Crippen LogP contribution in [-0.2, 0) is 0 Å². The van der Waals surface area contributed by atoms with Crippen molar-refractivity contribution in [2.45, 2.75) is 0 Å². The zero-order valence-electron chi connectivity index (χ0n) is 11.4. The van der Waals surface area contributed by atoms with E-state index in [2.05, 4.69) is 16.6 Å². The predicted molar refractivity (Wildman–Crippen MR) is 81.7 cm³/mol. The highest BCUT2D eigenvalue weighted by Crippen LogP contribution is 2.34. The number of hydrogen-bond acceptors (Lipinski definition) is 5. The summed E-state index contributed by atoms with van der Waals surface area (Å²) in [5, 5.41) is 5.47. The van der Waals surface area contributed by atoms with Crippen LogP contribution in [0.15, 0.2) is 24.4 Å². The van der Waals surface area contributed by atoms with Gasteiger partial charge in [-0.05, 0) is 29.8 Å². The van der Waals surface area contributed by atoms with Gasteiger partial charge in [0.15, 0.2) is 11.5 Å². The van der Waals surface area contributed by atoms with E-state index in [4.69, 9.17) is 9.47 Å². The number of rotatable bonds is 6. The second-order valence-electron chi connectivity index (χ2n) is 4.01. The number of nitrogens with one attached hydrogen (secondary N) is 1. The van der Waals surface area contributed by atoms with E-state index in [-0.39, 0.29) is 0 Å². The van der Waals surface area contributed by atoms with Gasteiger partial charge in [0.25, 0.3) is 0 Å². The first-order valence-electron chi connectivity index (χ1n) is 6.03. The van der Waals surface area contributed by atoms with Crippen LogP contribution < -0.4 is 14.8 Å². The van der Waals surface area contributed by atoms with Crippen molar-refractivity contribution in [1.82, 2.24) is 4.98 Å². The quantitative estimate of drug-likeness (QED) is 0.823. The monoisotopic (exact) mass is 278 g/mol. The van der Waals surface area contributed by atoms with E-state index >= 15 is 0 Å². The lowest BCUT2D eigenvalue weighted by Gasteiger charge is -2.12. The second-order valence-corrected chi connectivity index (χ2v) is 4.99. The first kappa shape index (κ1) is 13.8. The number of thioether (sulfide) groups is 1. The van der Waals surface area contributed by atoms with Crippen LogP contribution in [0, 0.1) is 0 Å². The van der Waals surface area contributed by atoms with Gasteiger partial charge in [0.1, 0.15) is 5.82 Å². The number of pyridine rings is 1. The molecule has 0 amide bonds. The van der Waals surface area contributed by atoms with Crippen molar-refractivity contribution < 1.29 is 9.47 Å². The average Bonchev–Trinajstić information content (AvgIpc) is 2.46. The van der Waals surface area contributed by atoms with Crippen LogP contribution in [0.3, 0.4) is 0 Å². The first-order valence-corrected chi connectivity index (χ1v) is 7.43. The zero-order valence-corrected chi connectivity index (χ0v) is 12.2. The molecule has 0 aliphatic rings. The Hall–Kier alpha value is -1.62. The maximum Gasteiger partial charge on any atom is 0.161 e. The maximum atomic E-state index is 5.34. The fourth-order valence-corrected chi connectivity index (χ4v) is 2.22. The van der Waals surface area contributed by atoms with Crippen molar-refractivity contribution in [2.75, 3.05) is 38.1 Å². The minimum Gasteiger partial charge on any atom is -0.493 e. The number of fused-ring (bicyclic) bond motifs is 1. The van der Waals surface area contributed by atoms with Gasteiger partial charge in [-0.2, -0.15) is 11.8 Å². The number of methoxy groups -OCH3 is 2. The molecular weight excluding hydrogens is 260 g/mol. The molecule has 0 saturated carbocycles. The minimum atomic E-state index is 0.718. The summed E-state index contributed by atoms with van der Waals surface area (Å²) in [6, 6.07) is 5.90. The highest BCUT2D eigenvalue weighted by atomic mass is 32.2. The number of anilines is 1. The number of nitrogens with zero attached hydrogens (tertiary/aromatic N) is 1. The Morgan fingerprint density at radius 1 is 1.21 bits per heavy atom. The van der Waals surface area contributed by atoms with Crippen molar-refractivity contribution in [1.29, 1.82) is 0 Å². The molecule has 2 aromatic rings. The van der Waals surface area contributed by atoms with Crippen LogP contribution in [-0.4, -0.2) is 37.8 Å². The fraction of sp³-hybridized carbons (Fsp3) is 0.357. The Kier molecular flexibility index (Phi) is 4.74. The molecule has 4 nitrogen and oxygen atoms in total. The number of hydrogen-bond donors (Lipinski definition) is 1. The second kappa shape index (κ2) is 6.52. The van der Waals surface area contributed by atoms with Gasteiger partial charge in [-0.1, -0.05) is 0 Å². The molecule has 0 radical (unpaired) electrons. The van der Waals surface area contributed by atoms with Crippen LogP contribution in [0.2, 0.25) is 0 Å². The Morgan fingerprint density at radius 2 is 1.95 bits per heavy atom. The van der Waals surface area contributed by atoms with E-state index in [0.717, 1.165) is 40.4 Å². The molecule has 0 fully saturated rings. The summed E-state index contributed by atoms with van der Waals surface area (Å²) in [7, 11) is 3.28. The molecule has 5 heteroatoms. The van der Waals surface area contributed by atoms with Crippen LogP contribution in [0.1, 0.15) is 0 Å². The minimum absolute atomic E-state index is 0.718. The topological polar surface area (TPSA) is 43.4 Å². The van der Waals surface area contributed by atoms with Gasteiger partial charge >= 0.3 is 0 Å². The van der Waals surface area contributed by atoms with Gasteiger partial charge < -0.3 is 14.8 Å². The van der Waals surface area contributed by atoms with Crippen LogP contribution in [0.25, 0.3) is 10.8 Å². The Morgan fingerprint density at radius 3 is 2.63 bits per heavy atom. The summed E-state index contributed by atoms with van der Waals surface area (Å²) >= 11 is 1.81. The standard InChI is InChI=1S/C14H18N2O2S/c1-17-12-8-10-4-5-15-14(16-6-7-19-3)11(10)9-13(12)18-2/h4-5,8-9H,6-7H2,1-3H3,(H,15,16). The number of aromatic nitrogens is 1. The molecule has 0 unspecified atom stereocenters. The Bertz CT molecular complexity index is 560. The van der Waals surface area contributed by atoms with E-state index in [1.807, 2.05) is 18.2 Å². The summed E-state index contributed by atoms with van der Waals surface area (Å²) < 4.78 is 10.7. The Balaban J connectivity index is 2.42. The van der Waals surface area contributed by atoms with Crippen LogP contribution in [0.4, 0.5) is 5.82 Å². The molecule has 19 heavy (non-hydrogen) atoms. The van der Waals surface area contributed by atoms with Crippen molar-refractivity contribution in [2.24, 2.45) is 0 Å². The highest BCUT2D eigenvalue weighted by molar-refractivity contribution is 7.98. The lowest BCUT2D eigenvalue weighted by molar-refractivity contribution is 0.356. The van der Waals surface area contributed by atoms with E-state index in [9.17, 15) is 0 Å². The molecule has 0 aliphatic carbocycles. The van der Waals surface area contributed by atoms with Gasteiger partial charge in [-0.25, -0.2) is 4.98 Å². The van der Waals surface area contributed by atoms with E-state index in [0.29, 0.717) is 0 Å². The molecule has 0 saturated heterocycles. The smallest absolute Gasteiger partial charge is 0.161 e. The zero-order chi connectivity index (χ0) is 13.7.